The first-order valence-corrected chi connectivity index (χ1v) is 8.78. The lowest BCUT2D eigenvalue weighted by atomic mass is 10.1. The molecule has 0 radical (unpaired) electrons. The van der Waals surface area contributed by atoms with Gasteiger partial charge >= 0.3 is 5.97 Å². The van der Waals surface area contributed by atoms with Crippen LogP contribution in [-0.4, -0.2) is 34.8 Å². The van der Waals surface area contributed by atoms with Crippen molar-refractivity contribution < 1.29 is 14.3 Å². The summed E-state index contributed by atoms with van der Waals surface area (Å²) in [5.41, 5.74) is 10.6. The summed E-state index contributed by atoms with van der Waals surface area (Å²) < 4.78 is 16.7. The lowest BCUT2D eigenvalue weighted by molar-refractivity contribution is 0.0695. The van der Waals surface area contributed by atoms with Crippen LogP contribution in [0.25, 0.3) is 10.9 Å². The van der Waals surface area contributed by atoms with E-state index in [2.05, 4.69) is 0 Å². The molecule has 2 heterocycles. The zero-order valence-electron chi connectivity index (χ0n) is 14.2. The summed E-state index contributed by atoms with van der Waals surface area (Å²) in [6, 6.07) is -0.0744. The van der Waals surface area contributed by atoms with Gasteiger partial charge in [0.25, 0.3) is 0 Å². The van der Waals surface area contributed by atoms with E-state index in [9.17, 15) is 14.7 Å². The van der Waals surface area contributed by atoms with Gasteiger partial charge < -0.3 is 26.0 Å². The van der Waals surface area contributed by atoms with Gasteiger partial charge in [0.15, 0.2) is 5.82 Å². The van der Waals surface area contributed by atoms with E-state index in [-0.39, 0.29) is 46.3 Å². The molecule has 2 aromatic rings. The van der Waals surface area contributed by atoms with Gasteiger partial charge in [-0.2, -0.15) is 0 Å². The summed E-state index contributed by atoms with van der Waals surface area (Å²) in [4.78, 5) is 25.8. The van der Waals surface area contributed by atoms with Crippen molar-refractivity contribution >= 4 is 52.3 Å². The molecule has 1 aromatic heterocycles. The molecule has 1 atom stereocenters. The van der Waals surface area contributed by atoms with E-state index in [4.69, 9.17) is 23.1 Å². The second kappa shape index (κ2) is 6.85. The number of carboxylic acid groups (broad SMARTS) is 1. The van der Waals surface area contributed by atoms with E-state index < -0.39 is 22.8 Å². The van der Waals surface area contributed by atoms with E-state index in [0.717, 1.165) is 12.8 Å². The number of aromatic carboxylic acids is 1. The maximum absolute atomic E-state index is 15.0. The molecule has 1 saturated carbocycles. The number of nitrogen functional groups attached to an aromatic ring is 1. The smallest absolute Gasteiger partial charge is 0.341 e. The maximum atomic E-state index is 15.0. The summed E-state index contributed by atoms with van der Waals surface area (Å²) in [6.07, 6.45) is 3.64. The number of aromatic nitrogens is 1. The van der Waals surface area contributed by atoms with Crippen LogP contribution in [0.15, 0.2) is 11.0 Å². The molecule has 0 spiro atoms. The SMILES string of the molecule is Cl.Nc1c(F)c(N2CC[C@H](N)C2)c(Cl)c2c1c(=O)c(C(=O)O)cn2C1CC1. The predicted octanol–water partition coefficient (Wildman–Crippen LogP) is 2.37. The number of rotatable bonds is 3. The molecule has 0 amide bonds. The molecule has 1 aromatic carbocycles. The number of hydrogen-bond donors (Lipinski definition) is 3. The first-order chi connectivity index (χ1) is 12.3. The van der Waals surface area contributed by atoms with Crippen molar-refractivity contribution in [2.75, 3.05) is 23.7 Å². The minimum absolute atomic E-state index is 0. The van der Waals surface area contributed by atoms with E-state index >= 15 is 4.39 Å². The van der Waals surface area contributed by atoms with E-state index in [1.165, 1.54) is 6.20 Å². The number of pyridine rings is 1. The molecule has 0 unspecified atom stereocenters. The Balaban J connectivity index is 0.00000210. The molecular formula is C17H19Cl2FN4O3. The Morgan fingerprint density at radius 3 is 2.52 bits per heavy atom. The van der Waals surface area contributed by atoms with Crippen molar-refractivity contribution in [3.8, 4) is 0 Å². The molecule has 4 rings (SSSR count). The van der Waals surface area contributed by atoms with Crippen LogP contribution in [0.5, 0.6) is 0 Å². The molecule has 146 valence electrons. The summed E-state index contributed by atoms with van der Waals surface area (Å²) in [5, 5.41) is 9.23. The molecule has 10 heteroatoms. The highest BCUT2D eigenvalue weighted by Crippen LogP contribution is 2.44. The van der Waals surface area contributed by atoms with Gasteiger partial charge in [-0.1, -0.05) is 11.6 Å². The van der Waals surface area contributed by atoms with Gasteiger partial charge in [-0.3, -0.25) is 4.79 Å². The van der Waals surface area contributed by atoms with Crippen molar-refractivity contribution in [3.63, 3.8) is 0 Å². The average molecular weight is 417 g/mol. The Morgan fingerprint density at radius 1 is 1.33 bits per heavy atom. The lowest BCUT2D eigenvalue weighted by Gasteiger charge is -2.24. The summed E-state index contributed by atoms with van der Waals surface area (Å²) in [7, 11) is 0. The lowest BCUT2D eigenvalue weighted by Crippen LogP contribution is -2.28. The fraction of sp³-hybridized carbons (Fsp3) is 0.412. The third-order valence-corrected chi connectivity index (χ3v) is 5.43. The highest BCUT2D eigenvalue weighted by molar-refractivity contribution is 6.38. The Kier molecular flexibility index (Phi) is 5.00. The normalized spacial score (nSPS) is 19.4. The Bertz CT molecular complexity index is 1010. The van der Waals surface area contributed by atoms with Gasteiger partial charge in [0, 0.05) is 31.4 Å². The summed E-state index contributed by atoms with van der Waals surface area (Å²) in [6.45, 7) is 0.964. The second-order valence-corrected chi connectivity index (χ2v) is 7.30. The van der Waals surface area contributed by atoms with Crippen LogP contribution in [-0.2, 0) is 0 Å². The van der Waals surface area contributed by atoms with Crippen LogP contribution in [0.3, 0.4) is 0 Å². The van der Waals surface area contributed by atoms with Gasteiger partial charge in [0.05, 0.1) is 27.3 Å². The standard InChI is InChI=1S/C17H18ClFN4O3.ClH/c18-11-14-10(13(21)12(19)15(11)22-4-3-7(20)5-22)16(24)9(17(25)26)6-23(14)8-1-2-8;/h6-8H,1-5,20-21H2,(H,25,26);1H/t7-;/m0./s1. The van der Waals surface area contributed by atoms with Crippen molar-refractivity contribution in [2.45, 2.75) is 31.3 Å². The first-order valence-electron chi connectivity index (χ1n) is 8.40. The number of anilines is 2. The molecule has 2 aliphatic rings. The van der Waals surface area contributed by atoms with Crippen LogP contribution >= 0.6 is 24.0 Å². The summed E-state index contributed by atoms with van der Waals surface area (Å²) in [5.74, 6) is -2.18. The van der Waals surface area contributed by atoms with E-state index in [1.807, 2.05) is 0 Å². The predicted molar refractivity (Wildman–Crippen MR) is 105 cm³/mol. The van der Waals surface area contributed by atoms with Crippen LogP contribution in [0, 0.1) is 5.82 Å². The van der Waals surface area contributed by atoms with E-state index in [1.54, 1.807) is 9.47 Å². The van der Waals surface area contributed by atoms with Crippen LogP contribution in [0.4, 0.5) is 15.8 Å². The largest absolute Gasteiger partial charge is 0.477 e. The Labute approximate surface area is 165 Å². The molecule has 2 fully saturated rings. The van der Waals surface area contributed by atoms with Gasteiger partial charge in [0.1, 0.15) is 5.56 Å². The molecule has 27 heavy (non-hydrogen) atoms. The quantitative estimate of drug-likeness (QED) is 0.661. The number of halogens is 3. The van der Waals surface area contributed by atoms with Crippen molar-refractivity contribution in [1.82, 2.24) is 4.57 Å². The molecule has 5 N–H and O–H groups in total. The number of hydrogen-bond acceptors (Lipinski definition) is 5. The van der Waals surface area contributed by atoms with Crippen molar-refractivity contribution in [2.24, 2.45) is 5.73 Å². The van der Waals surface area contributed by atoms with Crippen LogP contribution < -0.4 is 21.8 Å². The van der Waals surface area contributed by atoms with Gasteiger partial charge in [0.2, 0.25) is 5.43 Å². The van der Waals surface area contributed by atoms with Gasteiger partial charge in [-0.15, -0.1) is 12.4 Å². The fourth-order valence-corrected chi connectivity index (χ4v) is 4.01. The monoisotopic (exact) mass is 416 g/mol. The number of benzene rings is 1. The third kappa shape index (κ3) is 3.01. The summed E-state index contributed by atoms with van der Waals surface area (Å²) >= 11 is 6.54. The maximum Gasteiger partial charge on any atom is 0.341 e. The third-order valence-electron chi connectivity index (χ3n) is 5.08. The highest BCUT2D eigenvalue weighted by Gasteiger charge is 2.33. The zero-order valence-corrected chi connectivity index (χ0v) is 15.8. The van der Waals surface area contributed by atoms with Crippen LogP contribution in [0.2, 0.25) is 5.02 Å². The molecule has 7 nitrogen and oxygen atoms in total. The average Bonchev–Trinajstić information content (AvgIpc) is 3.34. The molecular weight excluding hydrogens is 398 g/mol. The molecule has 1 aliphatic heterocycles. The number of nitrogens with two attached hydrogens (primary N) is 2. The molecule has 0 bridgehead atoms. The van der Waals surface area contributed by atoms with Crippen molar-refractivity contribution in [3.05, 3.63) is 32.8 Å². The number of carboxylic acids is 1. The number of fused-ring (bicyclic) bond motifs is 1. The minimum Gasteiger partial charge on any atom is -0.477 e. The first kappa shape index (κ1) is 19.7. The Hall–Kier alpha value is -2.03. The molecule has 1 aliphatic carbocycles. The van der Waals surface area contributed by atoms with Gasteiger partial charge in [-0.25, -0.2) is 9.18 Å². The highest BCUT2D eigenvalue weighted by atomic mass is 35.5. The number of carbonyl (C=O) groups is 1. The molecule has 1 saturated heterocycles. The zero-order chi connectivity index (χ0) is 18.7. The topological polar surface area (TPSA) is 115 Å². The van der Waals surface area contributed by atoms with Crippen molar-refractivity contribution in [1.29, 1.82) is 0 Å². The van der Waals surface area contributed by atoms with E-state index in [0.29, 0.717) is 25.0 Å². The Morgan fingerprint density at radius 2 is 2.00 bits per heavy atom. The fourth-order valence-electron chi connectivity index (χ4n) is 3.61. The van der Waals surface area contributed by atoms with Gasteiger partial charge in [-0.05, 0) is 19.3 Å². The van der Waals surface area contributed by atoms with Crippen LogP contribution in [0.1, 0.15) is 35.7 Å². The minimum atomic E-state index is -1.38. The number of nitrogens with zero attached hydrogens (tertiary/aromatic N) is 2. The second-order valence-electron chi connectivity index (χ2n) is 6.92.